The first kappa shape index (κ1) is 17.4. The summed E-state index contributed by atoms with van der Waals surface area (Å²) in [6.07, 6.45) is 4.91. The molecule has 1 fully saturated rings. The van der Waals surface area contributed by atoms with Gasteiger partial charge in [-0.05, 0) is 62.9 Å². The van der Waals surface area contributed by atoms with Crippen molar-refractivity contribution in [1.82, 2.24) is 0 Å². The number of ether oxygens (including phenoxy) is 1. The summed E-state index contributed by atoms with van der Waals surface area (Å²) in [5.74, 6) is 0.675. The van der Waals surface area contributed by atoms with Crippen LogP contribution in [0.1, 0.15) is 43.2 Å². The number of fused-ring (bicyclic) bond motifs is 2. The number of hydrogen-bond donors (Lipinski definition) is 0. The maximum Gasteiger partial charge on any atom is 0.264 e. The molecule has 1 heterocycles. The van der Waals surface area contributed by atoms with Crippen molar-refractivity contribution in [3.8, 4) is 5.75 Å². The summed E-state index contributed by atoms with van der Waals surface area (Å²) in [6.45, 7) is 3.95. The minimum Gasteiger partial charge on any atom is -0.486 e. The minimum atomic E-state index is -3.64. The van der Waals surface area contributed by atoms with Gasteiger partial charge in [0.15, 0.2) is 0 Å². The first-order valence-electron chi connectivity index (χ1n) is 9.35. The van der Waals surface area contributed by atoms with Crippen molar-refractivity contribution < 1.29 is 13.2 Å². The van der Waals surface area contributed by atoms with Gasteiger partial charge in [-0.3, -0.25) is 4.31 Å². The molecular weight excluding hydrogens is 346 g/mol. The predicted octanol–water partition coefficient (Wildman–Crippen LogP) is 4.59. The number of sulfonamides is 1. The summed E-state index contributed by atoms with van der Waals surface area (Å²) in [5, 5.41) is 0. The Morgan fingerprint density at radius 2 is 1.62 bits per heavy atom. The maximum atomic E-state index is 13.6. The SMILES string of the molecule is Cc1ccc(S(=O)(=O)N2c3cc(C)ccc3OC3CCCCCC32)cc1. The van der Waals surface area contributed by atoms with Crippen LogP contribution < -0.4 is 9.04 Å². The van der Waals surface area contributed by atoms with E-state index in [2.05, 4.69) is 0 Å². The van der Waals surface area contributed by atoms with Crippen LogP contribution in [0.4, 0.5) is 5.69 Å². The molecule has 26 heavy (non-hydrogen) atoms. The summed E-state index contributed by atoms with van der Waals surface area (Å²) in [7, 11) is -3.64. The van der Waals surface area contributed by atoms with Gasteiger partial charge in [0.25, 0.3) is 10.0 Å². The van der Waals surface area contributed by atoms with Gasteiger partial charge in [-0.2, -0.15) is 0 Å². The Kier molecular flexibility index (Phi) is 4.43. The van der Waals surface area contributed by atoms with Crippen molar-refractivity contribution in [1.29, 1.82) is 0 Å². The van der Waals surface area contributed by atoms with Crippen molar-refractivity contribution in [3.63, 3.8) is 0 Å². The number of rotatable bonds is 2. The first-order valence-corrected chi connectivity index (χ1v) is 10.8. The largest absolute Gasteiger partial charge is 0.486 e. The second-order valence-corrected chi connectivity index (χ2v) is 9.26. The van der Waals surface area contributed by atoms with Crippen LogP contribution in [0.2, 0.25) is 0 Å². The second kappa shape index (κ2) is 6.62. The Morgan fingerprint density at radius 1 is 0.923 bits per heavy atom. The molecule has 0 amide bonds. The molecule has 2 aromatic rings. The zero-order chi connectivity index (χ0) is 18.3. The van der Waals surface area contributed by atoms with E-state index in [0.717, 1.165) is 43.2 Å². The van der Waals surface area contributed by atoms with Gasteiger partial charge in [-0.1, -0.05) is 36.6 Å². The van der Waals surface area contributed by atoms with Gasteiger partial charge in [-0.15, -0.1) is 0 Å². The molecule has 1 aliphatic heterocycles. The fraction of sp³-hybridized carbons (Fsp3) is 0.429. The van der Waals surface area contributed by atoms with Crippen molar-refractivity contribution in [2.24, 2.45) is 0 Å². The molecule has 4 nitrogen and oxygen atoms in total. The van der Waals surface area contributed by atoms with Crippen LogP contribution in [0.15, 0.2) is 47.4 Å². The fourth-order valence-electron chi connectivity index (χ4n) is 4.03. The van der Waals surface area contributed by atoms with E-state index >= 15 is 0 Å². The number of hydrogen-bond acceptors (Lipinski definition) is 3. The van der Waals surface area contributed by atoms with Gasteiger partial charge in [0.1, 0.15) is 11.9 Å². The van der Waals surface area contributed by atoms with Crippen molar-refractivity contribution in [2.45, 2.75) is 63.0 Å². The third-order valence-electron chi connectivity index (χ3n) is 5.43. The predicted molar refractivity (Wildman–Crippen MR) is 103 cm³/mol. The summed E-state index contributed by atoms with van der Waals surface area (Å²) in [6, 6.07) is 12.8. The molecule has 0 bridgehead atoms. The van der Waals surface area contributed by atoms with Crippen LogP contribution in [0, 0.1) is 13.8 Å². The standard InChI is InChI=1S/C21H25NO3S/c1-15-8-11-17(12-9-15)26(23,24)22-18-6-4-3-5-7-20(18)25-21-13-10-16(2)14-19(21)22/h8-14,18,20H,3-7H2,1-2H3. The summed E-state index contributed by atoms with van der Waals surface area (Å²) >= 11 is 0. The van der Waals surface area contributed by atoms with Crippen LogP contribution in [-0.2, 0) is 10.0 Å². The lowest BCUT2D eigenvalue weighted by Gasteiger charge is -2.42. The molecule has 2 aromatic carbocycles. The fourth-order valence-corrected chi connectivity index (χ4v) is 5.74. The van der Waals surface area contributed by atoms with E-state index in [1.807, 2.05) is 44.2 Å². The van der Waals surface area contributed by atoms with E-state index in [9.17, 15) is 8.42 Å². The Balaban J connectivity index is 1.87. The molecular formula is C21H25NO3S. The average Bonchev–Trinajstić information content (AvgIpc) is 2.85. The van der Waals surface area contributed by atoms with Gasteiger partial charge in [0.05, 0.1) is 16.6 Å². The molecule has 0 saturated heterocycles. The quantitative estimate of drug-likeness (QED) is 0.775. The topological polar surface area (TPSA) is 46.6 Å². The van der Waals surface area contributed by atoms with Crippen LogP contribution >= 0.6 is 0 Å². The van der Waals surface area contributed by atoms with E-state index in [0.29, 0.717) is 16.3 Å². The van der Waals surface area contributed by atoms with E-state index in [-0.39, 0.29) is 12.1 Å². The molecule has 5 heteroatoms. The van der Waals surface area contributed by atoms with Crippen molar-refractivity contribution in [3.05, 3.63) is 53.6 Å². The van der Waals surface area contributed by atoms with E-state index in [4.69, 9.17) is 4.74 Å². The number of nitrogens with zero attached hydrogens (tertiary/aromatic N) is 1. The third-order valence-corrected chi connectivity index (χ3v) is 7.28. The highest BCUT2D eigenvalue weighted by molar-refractivity contribution is 7.92. The highest BCUT2D eigenvalue weighted by Gasteiger charge is 2.43. The highest BCUT2D eigenvalue weighted by atomic mass is 32.2. The Labute approximate surface area is 155 Å². The van der Waals surface area contributed by atoms with Gasteiger partial charge < -0.3 is 4.74 Å². The van der Waals surface area contributed by atoms with Crippen LogP contribution in [0.5, 0.6) is 5.75 Å². The molecule has 0 radical (unpaired) electrons. The molecule has 1 aliphatic carbocycles. The number of aryl methyl sites for hydroxylation is 2. The monoisotopic (exact) mass is 371 g/mol. The second-order valence-electron chi connectivity index (χ2n) is 7.45. The molecule has 0 aromatic heterocycles. The van der Waals surface area contributed by atoms with E-state index < -0.39 is 10.0 Å². The first-order chi connectivity index (χ1) is 12.5. The molecule has 2 aliphatic rings. The Bertz CT molecular complexity index is 905. The Hall–Kier alpha value is -2.01. The van der Waals surface area contributed by atoms with Crippen LogP contribution in [0.3, 0.4) is 0 Å². The lowest BCUT2D eigenvalue weighted by molar-refractivity contribution is 0.152. The lowest BCUT2D eigenvalue weighted by atomic mass is 10.0. The average molecular weight is 372 g/mol. The van der Waals surface area contributed by atoms with Gasteiger partial charge >= 0.3 is 0 Å². The molecule has 138 valence electrons. The van der Waals surface area contributed by atoms with E-state index in [1.54, 1.807) is 16.4 Å². The smallest absolute Gasteiger partial charge is 0.264 e. The van der Waals surface area contributed by atoms with E-state index in [1.165, 1.54) is 0 Å². The highest BCUT2D eigenvalue weighted by Crippen LogP contribution is 2.43. The Morgan fingerprint density at radius 3 is 2.38 bits per heavy atom. The summed E-state index contributed by atoms with van der Waals surface area (Å²) in [5.41, 5.74) is 2.76. The lowest BCUT2D eigenvalue weighted by Crippen LogP contribution is -2.51. The summed E-state index contributed by atoms with van der Waals surface area (Å²) in [4.78, 5) is 0.348. The minimum absolute atomic E-state index is 0.0760. The van der Waals surface area contributed by atoms with Crippen molar-refractivity contribution >= 4 is 15.7 Å². The molecule has 0 spiro atoms. The van der Waals surface area contributed by atoms with Crippen LogP contribution in [-0.4, -0.2) is 20.6 Å². The summed E-state index contributed by atoms with van der Waals surface area (Å²) < 4.78 is 35.1. The molecule has 2 atom stereocenters. The molecule has 2 unspecified atom stereocenters. The zero-order valence-corrected chi connectivity index (χ0v) is 16.1. The molecule has 1 saturated carbocycles. The van der Waals surface area contributed by atoms with Gasteiger partial charge in [0.2, 0.25) is 0 Å². The number of anilines is 1. The molecule has 0 N–H and O–H groups in total. The van der Waals surface area contributed by atoms with Crippen LogP contribution in [0.25, 0.3) is 0 Å². The van der Waals surface area contributed by atoms with Crippen molar-refractivity contribution in [2.75, 3.05) is 4.31 Å². The normalized spacial score (nSPS) is 22.8. The molecule has 4 rings (SSSR count). The van der Waals surface area contributed by atoms with Gasteiger partial charge in [-0.25, -0.2) is 8.42 Å². The zero-order valence-electron chi connectivity index (χ0n) is 15.3. The maximum absolute atomic E-state index is 13.6. The third kappa shape index (κ3) is 2.98. The van der Waals surface area contributed by atoms with Gasteiger partial charge in [0, 0.05) is 0 Å². The number of benzene rings is 2.